The number of rotatable bonds is 17. The quantitative estimate of drug-likeness (QED) is 0.0711. The van der Waals surface area contributed by atoms with Gasteiger partial charge in [0, 0.05) is 83.9 Å². The van der Waals surface area contributed by atoms with Crippen LogP contribution >= 0.6 is 0 Å². The van der Waals surface area contributed by atoms with E-state index in [-0.39, 0.29) is 34.3 Å². The molecule has 0 atom stereocenters. The minimum absolute atomic E-state index is 0.0574. The number of carboxylic acid groups (broad SMARTS) is 3. The van der Waals surface area contributed by atoms with E-state index in [9.17, 15) is 28.8 Å². The Hall–Kier alpha value is -13.4. The number of aromatic nitrogens is 24. The molecule has 0 unspecified atom stereocenters. The van der Waals surface area contributed by atoms with Crippen LogP contribution in [0, 0.1) is 34.6 Å². The van der Waals surface area contributed by atoms with Crippen LogP contribution in [-0.4, -0.2) is 218 Å². The fourth-order valence-electron chi connectivity index (χ4n) is 9.82. The van der Waals surface area contributed by atoms with E-state index < -0.39 is 43.5 Å². The summed E-state index contributed by atoms with van der Waals surface area (Å²) in [6.45, 7) is 7.56. The Bertz CT molecular complexity index is 4890. The van der Waals surface area contributed by atoms with Crippen molar-refractivity contribution >= 4 is 35.3 Å². The molecule has 528 valence electrons. The van der Waals surface area contributed by atoms with Crippen molar-refractivity contribution in [2.45, 2.75) is 34.6 Å². The maximum Gasteiger partial charge on any atom is 0.354 e. The summed E-state index contributed by atoms with van der Waals surface area (Å²) in [6.07, 6.45) is 25.4. The number of aryl methyl sites for hydroxylation is 10. The number of ether oxygens (including phenoxy) is 2. The van der Waals surface area contributed by atoms with Crippen molar-refractivity contribution in [1.82, 2.24) is 118 Å². The van der Waals surface area contributed by atoms with Gasteiger partial charge in [0.15, 0.2) is 28.6 Å². The summed E-state index contributed by atoms with van der Waals surface area (Å²) in [5, 5.41) is 78.1. The Morgan fingerprint density at radius 1 is 0.333 bits per heavy atom. The third-order valence-electron chi connectivity index (χ3n) is 14.8. The first-order valence-corrected chi connectivity index (χ1v) is 29.8. The number of hydrogen-bond acceptors (Lipinski definition) is 29. The molecular weight excluding hydrogens is 1330 g/mol. The molecule has 0 aliphatic rings. The van der Waals surface area contributed by atoms with Crippen molar-refractivity contribution in [3.63, 3.8) is 0 Å². The Morgan fingerprint density at radius 3 is 0.951 bits per heavy atom. The van der Waals surface area contributed by atoms with Crippen molar-refractivity contribution in [3.05, 3.63) is 168 Å². The minimum atomic E-state index is -1.07. The van der Waals surface area contributed by atoms with Crippen LogP contribution in [-0.2, 0) is 42.3 Å². The van der Waals surface area contributed by atoms with Crippen molar-refractivity contribution in [2.24, 2.45) is 42.3 Å². The third kappa shape index (κ3) is 17.3. The number of methoxy groups -OCH3 is 2. The Labute approximate surface area is 578 Å². The van der Waals surface area contributed by atoms with Crippen molar-refractivity contribution in [1.29, 1.82) is 0 Å². The maximum atomic E-state index is 11.7. The van der Waals surface area contributed by atoms with E-state index in [1.165, 1.54) is 117 Å². The molecule has 0 aliphatic carbocycles. The number of hydrogen-bond donors (Lipinski definition) is 6. The normalized spacial score (nSPS) is 10.4. The summed E-state index contributed by atoms with van der Waals surface area (Å²) in [7, 11) is 12.6. The SMILES string of the molecule is COc1cncnc1-c1cnn(C)c1C(=O)CO.COc1cncnc1-c1cnn(C)c1C(=O)O.Cc1cncnc1-c1cnn(C)c1C(=O)CO.Cc1cncnc1-c1cnn(C)c1C(=O)O.Cc1nccnc1-c1cnn(C)c1C(=O)O.Cc1ncnc(-c2cnn(C)c2C(=O)CO)c1C. The second kappa shape index (κ2) is 34.7. The predicted molar refractivity (Wildman–Crippen MR) is 357 cm³/mol. The van der Waals surface area contributed by atoms with Crippen LogP contribution in [0.1, 0.15) is 91.0 Å². The molecule has 6 N–H and O–H groups in total. The van der Waals surface area contributed by atoms with Gasteiger partial charge in [-0.05, 0) is 51.3 Å². The largest absolute Gasteiger partial charge is 0.493 e. The predicted octanol–water partition coefficient (Wildman–Crippen LogP) is 3.44. The number of carbonyl (C=O) groups excluding carboxylic acids is 3. The van der Waals surface area contributed by atoms with E-state index in [0.29, 0.717) is 96.1 Å². The summed E-state index contributed by atoms with van der Waals surface area (Å²) < 4.78 is 18.4. The van der Waals surface area contributed by atoms with Gasteiger partial charge in [-0.15, -0.1) is 0 Å². The first-order valence-electron chi connectivity index (χ1n) is 29.8. The number of carboxylic acids is 3. The summed E-state index contributed by atoms with van der Waals surface area (Å²) >= 11 is 0. The lowest BCUT2D eigenvalue weighted by Gasteiger charge is -2.07. The molecule has 38 nitrogen and oxygen atoms in total. The fourth-order valence-corrected chi connectivity index (χ4v) is 9.82. The number of aliphatic hydroxyl groups excluding tert-OH is 3. The number of Topliss-reactive ketones (excluding diaryl/α,β-unsaturated/α-hetero) is 3. The Morgan fingerprint density at radius 2 is 0.618 bits per heavy atom. The zero-order chi connectivity index (χ0) is 74.6. The van der Waals surface area contributed by atoms with Gasteiger partial charge in [-0.1, -0.05) is 0 Å². The molecule has 0 bridgehead atoms. The van der Waals surface area contributed by atoms with E-state index >= 15 is 0 Å². The highest BCUT2D eigenvalue weighted by atomic mass is 16.5. The summed E-state index contributed by atoms with van der Waals surface area (Å²) in [4.78, 5) is 117. The molecule has 0 saturated heterocycles. The molecule has 0 radical (unpaired) electrons. The highest BCUT2D eigenvalue weighted by molar-refractivity contribution is 6.03. The first kappa shape index (κ1) is 76.0. The van der Waals surface area contributed by atoms with E-state index in [1.54, 1.807) is 80.2 Å². The highest BCUT2D eigenvalue weighted by Gasteiger charge is 2.26. The number of ketones is 3. The molecule has 0 fully saturated rings. The molecule has 12 aromatic rings. The molecule has 38 heteroatoms. The Balaban J connectivity index is 0.000000172. The van der Waals surface area contributed by atoms with Gasteiger partial charge in [0.2, 0.25) is 17.3 Å². The van der Waals surface area contributed by atoms with Gasteiger partial charge in [0.05, 0.1) is 115 Å². The van der Waals surface area contributed by atoms with Gasteiger partial charge < -0.3 is 40.1 Å². The van der Waals surface area contributed by atoms with Gasteiger partial charge in [0.1, 0.15) is 79.9 Å². The first-order chi connectivity index (χ1) is 48.8. The van der Waals surface area contributed by atoms with E-state index in [2.05, 4.69) is 90.4 Å². The minimum Gasteiger partial charge on any atom is -0.493 e. The molecule has 102 heavy (non-hydrogen) atoms. The smallest absolute Gasteiger partial charge is 0.354 e. The standard InChI is InChI=1S/C12H14N4O2.C11H12N4O3.C11H12N4O2.C10H10N4O3.2C10H10N4O2/c1-7-8(2)13-6-14-11(7)9-4-15-16(3)12(9)10(18)5-17;1-15-11(8(17)5-16)7(3-14-15)10-9(18-2)4-12-6-13-10;1-7-3-12-6-13-10(7)8-4-14-15(2)11(8)9(17)5-16;1-14-9(10(15)16)6(3-13-14)8-7(17-2)4-11-5-12-8;1-6-3-11-5-12-8(6)7-4-13-14(2)9(7)10(15)16;1-6-8(12-4-3-11-6)7-5-13-14(2)9(7)10(15)16/h4,6,17H,5H2,1-3H3;3-4,6,16H,5H2,1-2H3;3-4,6,16H,5H2,1-2H3;3-5H,1-2H3,(H,15,16);2*3-5H,1-2H3,(H,15,16). The van der Waals surface area contributed by atoms with Crippen LogP contribution in [0.4, 0.5) is 0 Å². The second-order valence-corrected chi connectivity index (χ2v) is 21.3. The molecule has 12 aromatic heterocycles. The van der Waals surface area contributed by atoms with Gasteiger partial charge in [0.25, 0.3) is 0 Å². The second-order valence-electron chi connectivity index (χ2n) is 21.3. The van der Waals surface area contributed by atoms with E-state index in [1.807, 2.05) is 27.7 Å². The number of carbonyl (C=O) groups is 6. The summed E-state index contributed by atoms with van der Waals surface area (Å²) in [5.41, 5.74) is 11.9. The monoisotopic (exact) mass is 1400 g/mol. The average molecular weight is 1400 g/mol. The lowest BCUT2D eigenvalue weighted by Crippen LogP contribution is -2.12. The van der Waals surface area contributed by atoms with Crippen molar-refractivity contribution in [3.8, 4) is 79.0 Å². The zero-order valence-electron chi connectivity index (χ0n) is 57.1. The Kier molecular flexibility index (Phi) is 25.9. The number of nitrogens with zero attached hydrogens (tertiary/aromatic N) is 24. The molecule has 0 aliphatic heterocycles. The highest BCUT2D eigenvalue weighted by Crippen LogP contribution is 2.32. The molecule has 0 spiro atoms. The third-order valence-corrected chi connectivity index (χ3v) is 14.8. The molecule has 12 rings (SSSR count). The zero-order valence-corrected chi connectivity index (χ0v) is 57.1. The topological polar surface area (TPSA) is 504 Å². The number of aromatic carboxylic acids is 3. The molecule has 12 heterocycles. The van der Waals surface area contributed by atoms with Crippen molar-refractivity contribution in [2.75, 3.05) is 34.0 Å². The van der Waals surface area contributed by atoms with Gasteiger partial charge in [-0.25, -0.2) is 64.2 Å². The molecule has 0 saturated carbocycles. The number of aliphatic hydroxyl groups is 3. The van der Waals surface area contributed by atoms with Crippen LogP contribution in [0.15, 0.2) is 106 Å². The summed E-state index contributed by atoms with van der Waals surface area (Å²) in [5.74, 6) is -3.45. The van der Waals surface area contributed by atoms with Crippen LogP contribution in [0.5, 0.6) is 11.5 Å². The van der Waals surface area contributed by atoms with Crippen LogP contribution in [0.2, 0.25) is 0 Å². The lowest BCUT2D eigenvalue weighted by atomic mass is 10.0. The van der Waals surface area contributed by atoms with Crippen molar-refractivity contribution < 1.29 is 68.9 Å². The van der Waals surface area contributed by atoms with Gasteiger partial charge >= 0.3 is 17.9 Å². The van der Waals surface area contributed by atoms with Gasteiger partial charge in [-0.2, -0.15) is 30.6 Å². The van der Waals surface area contributed by atoms with Crippen LogP contribution in [0.25, 0.3) is 67.5 Å². The van der Waals surface area contributed by atoms with E-state index in [4.69, 9.17) is 40.1 Å². The maximum absolute atomic E-state index is 11.7. The average Bonchev–Trinajstić information content (AvgIpc) is 1.64. The fraction of sp³-hybridized carbons (Fsp3) is 0.250. The van der Waals surface area contributed by atoms with Gasteiger partial charge in [-0.3, -0.25) is 52.4 Å². The molecule has 0 aromatic carbocycles. The van der Waals surface area contributed by atoms with E-state index in [0.717, 1.165) is 22.4 Å². The molecular formula is C64H68N24O14. The van der Waals surface area contributed by atoms with Crippen LogP contribution < -0.4 is 9.47 Å². The van der Waals surface area contributed by atoms with Crippen LogP contribution in [0.3, 0.4) is 0 Å². The molecule has 0 amide bonds. The lowest BCUT2D eigenvalue weighted by molar-refractivity contribution is 0.0675. The summed E-state index contributed by atoms with van der Waals surface area (Å²) in [6, 6.07) is 0.